The highest BCUT2D eigenvalue weighted by Gasteiger charge is 2.45. The standard InChI is InChI=1S/C23H28N2O3S/c1-2-24-22(26)23(14-5-15-23)19-9-11-20(12-10-19)25-29(27,28)21-13-8-17-6-3-4-7-18(17)16-21/h8-13,16,25H,2-7,14-15H2,1H3,(H,24,26). The number of carbonyl (C=O) groups is 1. The van der Waals surface area contributed by atoms with Crippen molar-refractivity contribution in [1.82, 2.24) is 5.32 Å². The fourth-order valence-corrected chi connectivity index (χ4v) is 5.56. The molecule has 0 spiro atoms. The Hall–Kier alpha value is -2.34. The SMILES string of the molecule is CCNC(=O)C1(c2ccc(NS(=O)(=O)c3ccc4c(c3)CCCC4)cc2)CCC1. The van der Waals surface area contributed by atoms with Crippen LogP contribution in [0.15, 0.2) is 47.4 Å². The Labute approximate surface area is 173 Å². The summed E-state index contributed by atoms with van der Waals surface area (Å²) in [5.74, 6) is 0.0636. The molecule has 6 heteroatoms. The van der Waals surface area contributed by atoms with E-state index in [1.54, 1.807) is 18.2 Å². The summed E-state index contributed by atoms with van der Waals surface area (Å²) in [5, 5.41) is 2.94. The van der Waals surface area contributed by atoms with Crippen LogP contribution in [0.3, 0.4) is 0 Å². The van der Waals surface area contributed by atoms with Crippen LogP contribution in [0.2, 0.25) is 0 Å². The number of fused-ring (bicyclic) bond motifs is 1. The van der Waals surface area contributed by atoms with Crippen LogP contribution >= 0.6 is 0 Å². The van der Waals surface area contributed by atoms with E-state index in [1.165, 1.54) is 12.0 Å². The number of likely N-dealkylation sites (N-methyl/N-ethyl adjacent to an activating group) is 1. The van der Waals surface area contributed by atoms with E-state index in [1.807, 2.05) is 31.2 Å². The van der Waals surface area contributed by atoms with Crippen LogP contribution in [0.25, 0.3) is 0 Å². The molecule has 1 amide bonds. The maximum Gasteiger partial charge on any atom is 0.261 e. The molecule has 0 saturated heterocycles. The van der Waals surface area contributed by atoms with E-state index in [9.17, 15) is 13.2 Å². The zero-order chi connectivity index (χ0) is 20.5. The van der Waals surface area contributed by atoms with Gasteiger partial charge in [0.1, 0.15) is 0 Å². The number of hydrogen-bond acceptors (Lipinski definition) is 3. The van der Waals surface area contributed by atoms with Crippen molar-refractivity contribution in [3.8, 4) is 0 Å². The molecule has 2 aliphatic carbocycles. The lowest BCUT2D eigenvalue weighted by molar-refractivity contribution is -0.129. The van der Waals surface area contributed by atoms with E-state index in [-0.39, 0.29) is 5.91 Å². The molecular weight excluding hydrogens is 384 g/mol. The van der Waals surface area contributed by atoms with Crippen LogP contribution in [-0.4, -0.2) is 20.9 Å². The number of amides is 1. The topological polar surface area (TPSA) is 75.3 Å². The third-order valence-corrected chi connectivity index (χ3v) is 7.68. The van der Waals surface area contributed by atoms with E-state index in [0.717, 1.165) is 49.7 Å². The molecule has 4 rings (SSSR count). The van der Waals surface area contributed by atoms with Crippen molar-refractivity contribution in [1.29, 1.82) is 0 Å². The van der Waals surface area contributed by atoms with E-state index >= 15 is 0 Å². The maximum atomic E-state index is 12.9. The van der Waals surface area contributed by atoms with Gasteiger partial charge < -0.3 is 5.32 Å². The molecular formula is C23H28N2O3S. The Morgan fingerprint density at radius 1 is 0.966 bits per heavy atom. The van der Waals surface area contributed by atoms with Gasteiger partial charge in [-0.2, -0.15) is 0 Å². The fraction of sp³-hybridized carbons (Fsp3) is 0.435. The first-order chi connectivity index (χ1) is 13.9. The lowest BCUT2D eigenvalue weighted by Gasteiger charge is -2.40. The summed E-state index contributed by atoms with van der Waals surface area (Å²) in [6.45, 7) is 2.53. The second-order valence-corrected chi connectivity index (χ2v) is 9.80. The molecule has 1 saturated carbocycles. The summed E-state index contributed by atoms with van der Waals surface area (Å²) < 4.78 is 28.4. The minimum absolute atomic E-state index is 0.0636. The van der Waals surface area contributed by atoms with Gasteiger partial charge in [0, 0.05) is 12.2 Å². The molecule has 154 valence electrons. The molecule has 2 aromatic rings. The minimum Gasteiger partial charge on any atom is -0.356 e. The second kappa shape index (κ2) is 7.82. The summed E-state index contributed by atoms with van der Waals surface area (Å²) in [4.78, 5) is 12.8. The number of anilines is 1. The first-order valence-corrected chi connectivity index (χ1v) is 12.0. The Bertz CT molecular complexity index is 1010. The number of hydrogen-bond donors (Lipinski definition) is 2. The molecule has 2 aliphatic rings. The minimum atomic E-state index is -3.64. The van der Waals surface area contributed by atoms with Crippen LogP contribution in [0, 0.1) is 0 Å². The van der Waals surface area contributed by atoms with E-state index < -0.39 is 15.4 Å². The number of nitrogens with one attached hydrogen (secondary N) is 2. The van der Waals surface area contributed by atoms with Gasteiger partial charge in [-0.25, -0.2) is 8.42 Å². The average Bonchev–Trinajstić information content (AvgIpc) is 2.68. The highest BCUT2D eigenvalue weighted by molar-refractivity contribution is 7.92. The molecule has 0 aromatic heterocycles. The van der Waals surface area contributed by atoms with Crippen molar-refractivity contribution in [2.24, 2.45) is 0 Å². The number of aryl methyl sites for hydroxylation is 2. The number of rotatable bonds is 6. The quantitative estimate of drug-likeness (QED) is 0.755. The van der Waals surface area contributed by atoms with Crippen molar-refractivity contribution in [2.75, 3.05) is 11.3 Å². The number of carbonyl (C=O) groups excluding carboxylic acids is 1. The molecule has 2 aromatic carbocycles. The highest BCUT2D eigenvalue weighted by atomic mass is 32.2. The summed E-state index contributed by atoms with van der Waals surface area (Å²) in [5.41, 5.74) is 3.40. The summed E-state index contributed by atoms with van der Waals surface area (Å²) in [7, 11) is -3.64. The molecule has 2 N–H and O–H groups in total. The zero-order valence-electron chi connectivity index (χ0n) is 16.8. The van der Waals surface area contributed by atoms with Gasteiger partial charge in [-0.1, -0.05) is 24.6 Å². The van der Waals surface area contributed by atoms with Gasteiger partial charge in [0.25, 0.3) is 10.0 Å². The van der Waals surface area contributed by atoms with Gasteiger partial charge in [-0.3, -0.25) is 9.52 Å². The van der Waals surface area contributed by atoms with Gasteiger partial charge in [-0.15, -0.1) is 0 Å². The molecule has 0 aliphatic heterocycles. The van der Waals surface area contributed by atoms with E-state index in [2.05, 4.69) is 10.0 Å². The van der Waals surface area contributed by atoms with E-state index in [4.69, 9.17) is 0 Å². The fourth-order valence-electron chi connectivity index (χ4n) is 4.46. The zero-order valence-corrected chi connectivity index (χ0v) is 17.6. The van der Waals surface area contributed by atoms with Gasteiger partial charge in [0.05, 0.1) is 10.3 Å². The second-order valence-electron chi connectivity index (χ2n) is 8.12. The van der Waals surface area contributed by atoms with Gasteiger partial charge >= 0.3 is 0 Å². The summed E-state index contributed by atoms with van der Waals surface area (Å²) >= 11 is 0. The van der Waals surface area contributed by atoms with Gasteiger partial charge in [0.2, 0.25) is 5.91 Å². The Morgan fingerprint density at radius 2 is 1.66 bits per heavy atom. The predicted molar refractivity (Wildman–Crippen MR) is 115 cm³/mol. The Kier molecular flexibility index (Phi) is 5.38. The van der Waals surface area contributed by atoms with Crippen molar-refractivity contribution in [3.05, 3.63) is 59.2 Å². The van der Waals surface area contributed by atoms with Crippen molar-refractivity contribution in [2.45, 2.75) is 62.2 Å². The Balaban J connectivity index is 1.53. The largest absolute Gasteiger partial charge is 0.356 e. The van der Waals surface area contributed by atoms with Gasteiger partial charge in [-0.05, 0) is 86.4 Å². The molecule has 0 bridgehead atoms. The lowest BCUT2D eigenvalue weighted by atomic mass is 9.64. The van der Waals surface area contributed by atoms with Crippen molar-refractivity contribution < 1.29 is 13.2 Å². The third-order valence-electron chi connectivity index (χ3n) is 6.30. The molecule has 0 unspecified atom stereocenters. The van der Waals surface area contributed by atoms with Crippen molar-refractivity contribution >= 4 is 21.6 Å². The van der Waals surface area contributed by atoms with Crippen LogP contribution in [0.4, 0.5) is 5.69 Å². The first kappa shape index (κ1) is 20.0. The maximum absolute atomic E-state index is 12.9. The molecule has 0 radical (unpaired) electrons. The highest BCUT2D eigenvalue weighted by Crippen LogP contribution is 2.44. The first-order valence-electron chi connectivity index (χ1n) is 10.5. The molecule has 29 heavy (non-hydrogen) atoms. The van der Waals surface area contributed by atoms with Crippen LogP contribution < -0.4 is 10.0 Å². The molecule has 0 heterocycles. The van der Waals surface area contributed by atoms with Crippen LogP contribution in [0.5, 0.6) is 0 Å². The summed E-state index contributed by atoms with van der Waals surface area (Å²) in [6.07, 6.45) is 6.94. The summed E-state index contributed by atoms with van der Waals surface area (Å²) in [6, 6.07) is 12.7. The molecule has 1 fully saturated rings. The third kappa shape index (κ3) is 3.78. The normalized spacial score (nSPS) is 17.7. The smallest absolute Gasteiger partial charge is 0.261 e. The number of sulfonamides is 1. The molecule has 0 atom stereocenters. The number of benzene rings is 2. The predicted octanol–water partition coefficient (Wildman–Crippen LogP) is 3.92. The lowest BCUT2D eigenvalue weighted by Crippen LogP contribution is -2.49. The van der Waals surface area contributed by atoms with E-state index in [0.29, 0.717) is 17.1 Å². The van der Waals surface area contributed by atoms with Crippen molar-refractivity contribution in [3.63, 3.8) is 0 Å². The molecule has 5 nitrogen and oxygen atoms in total. The monoisotopic (exact) mass is 412 g/mol. The Morgan fingerprint density at radius 3 is 2.28 bits per heavy atom. The average molecular weight is 413 g/mol. The van der Waals surface area contributed by atoms with Gasteiger partial charge in [0.15, 0.2) is 0 Å². The van der Waals surface area contributed by atoms with Crippen LogP contribution in [-0.2, 0) is 33.1 Å². The van der Waals surface area contributed by atoms with Crippen LogP contribution in [0.1, 0.15) is 55.7 Å².